The van der Waals surface area contributed by atoms with E-state index in [2.05, 4.69) is 5.32 Å². The molecule has 0 aliphatic carbocycles. The molecule has 0 fully saturated rings. The molecule has 3 rings (SSSR count). The van der Waals surface area contributed by atoms with E-state index >= 15 is 0 Å². The van der Waals surface area contributed by atoms with E-state index in [4.69, 9.17) is 32.7 Å². The Morgan fingerprint density at radius 2 is 1.64 bits per heavy atom. The van der Waals surface area contributed by atoms with Crippen LogP contribution in [0.5, 0.6) is 17.2 Å². The lowest BCUT2D eigenvalue weighted by Gasteiger charge is -2.21. The molecule has 7 nitrogen and oxygen atoms in total. The van der Waals surface area contributed by atoms with Gasteiger partial charge in [-0.05, 0) is 42.0 Å². The van der Waals surface area contributed by atoms with Crippen molar-refractivity contribution in [2.45, 2.75) is 6.54 Å². The predicted octanol–water partition coefficient (Wildman–Crippen LogP) is 5.19. The maximum atomic E-state index is 12.8. The van der Waals surface area contributed by atoms with Gasteiger partial charge in [0.15, 0.2) is 17.2 Å². The monoisotopic (exact) mass is 508 g/mol. The first kappa shape index (κ1) is 24.9. The van der Waals surface area contributed by atoms with Gasteiger partial charge in [-0.1, -0.05) is 53.5 Å². The van der Waals surface area contributed by atoms with E-state index in [9.17, 15) is 13.2 Å². The Hall–Kier alpha value is -2.78. The van der Waals surface area contributed by atoms with Crippen LogP contribution in [0.25, 0.3) is 0 Å². The first-order chi connectivity index (χ1) is 15.7. The topological polar surface area (TPSA) is 84.9 Å². The summed E-state index contributed by atoms with van der Waals surface area (Å²) in [6, 6.07) is 18.6. The molecule has 0 unspecified atom stereocenters. The van der Waals surface area contributed by atoms with E-state index in [-0.39, 0.29) is 12.2 Å². The van der Waals surface area contributed by atoms with E-state index in [1.54, 1.807) is 60.7 Å². The third kappa shape index (κ3) is 6.85. The summed E-state index contributed by atoms with van der Waals surface area (Å²) in [5, 5.41) is 3.46. The molecule has 0 spiro atoms. The quantitative estimate of drug-likeness (QED) is 0.429. The van der Waals surface area contributed by atoms with E-state index in [1.165, 1.54) is 13.2 Å². The zero-order valence-corrected chi connectivity index (χ0v) is 20.2. The zero-order chi connectivity index (χ0) is 24.0. The summed E-state index contributed by atoms with van der Waals surface area (Å²) in [4.78, 5) is 12.8. The summed E-state index contributed by atoms with van der Waals surface area (Å²) in [6.07, 6.45) is 1.03. The molecular weight excluding hydrogens is 487 g/mol. The molecular formula is C23H22Cl2N2O5S. The highest BCUT2D eigenvalue weighted by atomic mass is 35.5. The van der Waals surface area contributed by atoms with Gasteiger partial charge in [-0.3, -0.25) is 4.79 Å². The van der Waals surface area contributed by atoms with Gasteiger partial charge in [0.2, 0.25) is 15.9 Å². The molecule has 3 aromatic carbocycles. The number of amides is 1. The number of nitrogens with zero attached hydrogens (tertiary/aromatic N) is 1. The molecule has 0 saturated heterocycles. The van der Waals surface area contributed by atoms with Crippen molar-refractivity contribution < 1.29 is 22.7 Å². The van der Waals surface area contributed by atoms with Crippen molar-refractivity contribution in [3.8, 4) is 17.2 Å². The number of hydrogen-bond acceptors (Lipinski definition) is 5. The second kappa shape index (κ2) is 10.9. The highest BCUT2D eigenvalue weighted by molar-refractivity contribution is 7.88. The number of rotatable bonds is 9. The Morgan fingerprint density at radius 3 is 2.30 bits per heavy atom. The van der Waals surface area contributed by atoms with Crippen molar-refractivity contribution in [1.82, 2.24) is 4.31 Å². The molecule has 0 aliphatic rings. The van der Waals surface area contributed by atoms with E-state index < -0.39 is 22.5 Å². The number of methoxy groups -OCH3 is 1. The maximum absolute atomic E-state index is 12.8. The molecule has 0 bridgehead atoms. The van der Waals surface area contributed by atoms with Crippen LogP contribution in [0, 0.1) is 0 Å². The molecule has 10 heteroatoms. The number of carbonyl (C=O) groups is 1. The summed E-state index contributed by atoms with van der Waals surface area (Å²) in [7, 11) is -2.18. The van der Waals surface area contributed by atoms with Crippen molar-refractivity contribution in [2.75, 3.05) is 25.2 Å². The smallest absolute Gasteiger partial charge is 0.239 e. The van der Waals surface area contributed by atoms with E-state index in [1.807, 2.05) is 0 Å². The molecule has 0 aliphatic heterocycles. The summed E-state index contributed by atoms with van der Waals surface area (Å²) in [5.41, 5.74) is 0.866. The molecule has 3 aromatic rings. The number of ether oxygens (including phenoxy) is 2. The van der Waals surface area contributed by atoms with Gasteiger partial charge in [0, 0.05) is 16.6 Å². The average molecular weight is 509 g/mol. The van der Waals surface area contributed by atoms with Crippen LogP contribution in [-0.4, -0.2) is 38.5 Å². The minimum absolute atomic E-state index is 0.0496. The van der Waals surface area contributed by atoms with Gasteiger partial charge < -0.3 is 14.8 Å². The van der Waals surface area contributed by atoms with E-state index in [0.717, 1.165) is 10.6 Å². The largest absolute Gasteiger partial charge is 0.493 e. The zero-order valence-electron chi connectivity index (χ0n) is 17.9. The first-order valence-electron chi connectivity index (χ1n) is 9.76. The predicted molar refractivity (Wildman–Crippen MR) is 130 cm³/mol. The molecule has 0 atom stereocenters. The Bertz CT molecular complexity index is 1250. The van der Waals surface area contributed by atoms with Gasteiger partial charge in [-0.15, -0.1) is 0 Å². The van der Waals surface area contributed by atoms with Gasteiger partial charge in [-0.2, -0.15) is 4.31 Å². The van der Waals surface area contributed by atoms with Gasteiger partial charge in [-0.25, -0.2) is 8.42 Å². The molecule has 1 amide bonds. The lowest BCUT2D eigenvalue weighted by molar-refractivity contribution is -0.116. The number of para-hydroxylation sites is 2. The van der Waals surface area contributed by atoms with Gasteiger partial charge in [0.25, 0.3) is 0 Å². The molecule has 0 heterocycles. The Morgan fingerprint density at radius 1 is 0.970 bits per heavy atom. The highest BCUT2D eigenvalue weighted by Gasteiger charge is 2.22. The number of benzene rings is 3. The summed E-state index contributed by atoms with van der Waals surface area (Å²) in [6.45, 7) is -0.475. The fourth-order valence-corrected chi connectivity index (χ4v) is 4.06. The van der Waals surface area contributed by atoms with Crippen molar-refractivity contribution in [3.63, 3.8) is 0 Å². The van der Waals surface area contributed by atoms with Gasteiger partial charge in [0.05, 0.1) is 25.6 Å². The fraction of sp³-hybridized carbons (Fsp3) is 0.174. The Balaban J connectivity index is 1.81. The number of carbonyl (C=O) groups excluding carboxylic acids is 1. The van der Waals surface area contributed by atoms with Gasteiger partial charge in [0.1, 0.15) is 0 Å². The third-order valence-corrected chi connectivity index (χ3v) is 6.40. The maximum Gasteiger partial charge on any atom is 0.239 e. The second-order valence-electron chi connectivity index (χ2n) is 7.06. The van der Waals surface area contributed by atoms with Gasteiger partial charge >= 0.3 is 0 Å². The van der Waals surface area contributed by atoms with Crippen LogP contribution in [-0.2, 0) is 21.4 Å². The Kier molecular flexibility index (Phi) is 8.20. The normalized spacial score (nSPS) is 11.3. The van der Waals surface area contributed by atoms with Crippen molar-refractivity contribution in [1.29, 1.82) is 0 Å². The van der Waals surface area contributed by atoms with Crippen LogP contribution < -0.4 is 14.8 Å². The summed E-state index contributed by atoms with van der Waals surface area (Å²) in [5.74, 6) is 0.691. The SMILES string of the molecule is COc1ccccc1Oc1ccc(Cl)cc1NC(=O)CN(Cc1ccccc1Cl)S(C)(=O)=O. The highest BCUT2D eigenvalue weighted by Crippen LogP contribution is 2.36. The minimum atomic E-state index is -3.70. The number of hydrogen-bond donors (Lipinski definition) is 1. The van der Waals surface area contributed by atoms with Crippen molar-refractivity contribution >= 4 is 44.8 Å². The lowest BCUT2D eigenvalue weighted by atomic mass is 10.2. The van der Waals surface area contributed by atoms with Crippen molar-refractivity contribution in [2.24, 2.45) is 0 Å². The second-order valence-corrected chi connectivity index (χ2v) is 9.89. The third-order valence-electron chi connectivity index (χ3n) is 4.60. The van der Waals surface area contributed by atoms with Crippen molar-refractivity contribution in [3.05, 3.63) is 82.3 Å². The van der Waals surface area contributed by atoms with Crippen LogP contribution in [0.3, 0.4) is 0 Å². The summed E-state index contributed by atoms with van der Waals surface area (Å²) < 4.78 is 36.9. The van der Waals surface area contributed by atoms with Crippen LogP contribution in [0.1, 0.15) is 5.56 Å². The first-order valence-corrected chi connectivity index (χ1v) is 12.4. The molecule has 0 radical (unpaired) electrons. The lowest BCUT2D eigenvalue weighted by Crippen LogP contribution is -2.37. The van der Waals surface area contributed by atoms with Crippen LogP contribution >= 0.6 is 23.2 Å². The number of halogens is 2. The molecule has 0 saturated carbocycles. The van der Waals surface area contributed by atoms with Crippen LogP contribution in [0.2, 0.25) is 10.0 Å². The van der Waals surface area contributed by atoms with Crippen LogP contribution in [0.4, 0.5) is 5.69 Å². The van der Waals surface area contributed by atoms with E-state index in [0.29, 0.717) is 32.9 Å². The molecule has 1 N–H and O–H groups in total. The molecule has 0 aromatic heterocycles. The van der Waals surface area contributed by atoms with Crippen LogP contribution in [0.15, 0.2) is 66.7 Å². The fourth-order valence-electron chi connectivity index (χ4n) is 2.97. The number of nitrogens with one attached hydrogen (secondary N) is 1. The summed E-state index contributed by atoms with van der Waals surface area (Å²) >= 11 is 12.3. The molecule has 174 valence electrons. The minimum Gasteiger partial charge on any atom is -0.493 e. The standard InChI is InChI=1S/C23H22Cl2N2O5S/c1-31-21-9-5-6-10-22(21)32-20-12-11-17(24)13-19(20)26-23(28)15-27(33(2,29)30)14-16-7-3-4-8-18(16)25/h3-13H,14-15H2,1-2H3,(H,26,28). The number of sulfonamides is 1. The molecule has 33 heavy (non-hydrogen) atoms. The number of anilines is 1. The Labute approximate surface area is 202 Å². The average Bonchev–Trinajstić information content (AvgIpc) is 2.76.